The zero-order valence-electron chi connectivity index (χ0n) is 8.93. The van der Waals surface area contributed by atoms with Gasteiger partial charge in [0.05, 0.1) is 11.5 Å². The molecule has 0 aliphatic carbocycles. The molecule has 0 radical (unpaired) electrons. The van der Waals surface area contributed by atoms with E-state index in [9.17, 15) is 8.42 Å². The van der Waals surface area contributed by atoms with Crippen molar-refractivity contribution in [1.29, 1.82) is 0 Å². The Bertz CT molecular complexity index is 315. The van der Waals surface area contributed by atoms with Gasteiger partial charge in [0.15, 0.2) is 9.84 Å². The first-order valence-corrected chi connectivity index (χ1v) is 7.45. The third-order valence-corrected chi connectivity index (χ3v) is 5.31. The lowest BCUT2D eigenvalue weighted by Crippen LogP contribution is -2.28. The third kappa shape index (κ3) is 2.92. The quantitative estimate of drug-likeness (QED) is 0.729. The van der Waals surface area contributed by atoms with E-state index in [0.717, 1.165) is 32.5 Å². The largest absolute Gasteiger partial charge is 0.396 e. The molecule has 0 saturated carbocycles. The summed E-state index contributed by atoms with van der Waals surface area (Å²) >= 11 is 0. The molecule has 0 aromatic heterocycles. The lowest BCUT2D eigenvalue weighted by Gasteiger charge is -2.19. The summed E-state index contributed by atoms with van der Waals surface area (Å²) in [6.07, 6.45) is 1.87. The van der Waals surface area contributed by atoms with E-state index in [1.165, 1.54) is 0 Å². The van der Waals surface area contributed by atoms with Crippen molar-refractivity contribution in [3.05, 3.63) is 0 Å². The van der Waals surface area contributed by atoms with Gasteiger partial charge in [0, 0.05) is 19.7 Å². The molecule has 0 bridgehead atoms. The van der Waals surface area contributed by atoms with E-state index in [4.69, 9.17) is 5.11 Å². The zero-order valence-corrected chi connectivity index (χ0v) is 9.75. The number of aliphatic hydroxyl groups excluding tert-OH is 1. The van der Waals surface area contributed by atoms with Crippen LogP contribution < -0.4 is 0 Å². The van der Waals surface area contributed by atoms with Gasteiger partial charge in [0.25, 0.3) is 0 Å². The maximum atomic E-state index is 11.3. The van der Waals surface area contributed by atoms with E-state index < -0.39 is 9.84 Å². The van der Waals surface area contributed by atoms with E-state index in [1.54, 1.807) is 0 Å². The number of aliphatic hydroxyl groups is 1. The molecule has 0 amide bonds. The van der Waals surface area contributed by atoms with Gasteiger partial charge in [0.2, 0.25) is 0 Å². The van der Waals surface area contributed by atoms with Gasteiger partial charge in [-0.25, -0.2) is 8.42 Å². The summed E-state index contributed by atoms with van der Waals surface area (Å²) in [5, 5.41) is 9.01. The molecule has 4 nitrogen and oxygen atoms in total. The fraction of sp³-hybridized carbons (Fsp3) is 1.00. The molecular weight excluding hydrogens is 214 g/mol. The molecular formula is C10H19NO3S. The number of sulfone groups is 1. The molecule has 15 heavy (non-hydrogen) atoms. The van der Waals surface area contributed by atoms with Crippen molar-refractivity contribution in [1.82, 2.24) is 4.90 Å². The molecule has 2 saturated heterocycles. The predicted octanol–water partition coefficient (Wildman–Crippen LogP) is -0.265. The highest BCUT2D eigenvalue weighted by Crippen LogP contribution is 2.23. The molecule has 2 atom stereocenters. The first kappa shape index (κ1) is 11.4. The van der Waals surface area contributed by atoms with E-state index in [0.29, 0.717) is 23.3 Å². The van der Waals surface area contributed by atoms with Crippen molar-refractivity contribution >= 4 is 9.84 Å². The van der Waals surface area contributed by atoms with Gasteiger partial charge in [-0.05, 0) is 31.2 Å². The number of hydrogen-bond donors (Lipinski definition) is 1. The summed E-state index contributed by atoms with van der Waals surface area (Å²) in [6, 6.07) is 0. The van der Waals surface area contributed by atoms with Gasteiger partial charge in [-0.15, -0.1) is 0 Å². The Kier molecular flexibility index (Phi) is 3.33. The van der Waals surface area contributed by atoms with Gasteiger partial charge in [-0.1, -0.05) is 0 Å². The van der Waals surface area contributed by atoms with Crippen LogP contribution in [0.2, 0.25) is 0 Å². The second-order valence-corrected chi connectivity index (χ2v) is 7.09. The van der Waals surface area contributed by atoms with Crippen LogP contribution in [0.5, 0.6) is 0 Å². The molecule has 88 valence electrons. The summed E-state index contributed by atoms with van der Waals surface area (Å²) in [5.74, 6) is 1.47. The Morgan fingerprint density at radius 1 is 1.27 bits per heavy atom. The smallest absolute Gasteiger partial charge is 0.150 e. The minimum atomic E-state index is -2.73. The summed E-state index contributed by atoms with van der Waals surface area (Å²) in [6.45, 7) is 3.12. The fourth-order valence-corrected chi connectivity index (χ4v) is 4.46. The molecule has 0 spiro atoms. The van der Waals surface area contributed by atoms with Crippen LogP contribution in [0, 0.1) is 11.8 Å². The minimum absolute atomic E-state index is 0.263. The summed E-state index contributed by atoms with van der Waals surface area (Å²) < 4.78 is 22.6. The minimum Gasteiger partial charge on any atom is -0.396 e. The zero-order chi connectivity index (χ0) is 10.9. The lowest BCUT2D eigenvalue weighted by atomic mass is 10.1. The highest BCUT2D eigenvalue weighted by atomic mass is 32.2. The Balaban J connectivity index is 1.79. The summed E-state index contributed by atoms with van der Waals surface area (Å²) in [4.78, 5) is 2.30. The summed E-state index contributed by atoms with van der Waals surface area (Å²) in [5.41, 5.74) is 0. The molecule has 0 aromatic carbocycles. The highest BCUT2D eigenvalue weighted by Gasteiger charge is 2.31. The van der Waals surface area contributed by atoms with E-state index in [2.05, 4.69) is 4.90 Å². The van der Waals surface area contributed by atoms with Crippen LogP contribution in [0.3, 0.4) is 0 Å². The molecule has 5 heteroatoms. The van der Waals surface area contributed by atoms with Crippen LogP contribution in [-0.4, -0.2) is 56.2 Å². The maximum Gasteiger partial charge on any atom is 0.150 e. The molecule has 2 rings (SSSR count). The Morgan fingerprint density at radius 2 is 2.07 bits per heavy atom. The first-order chi connectivity index (χ1) is 7.09. The monoisotopic (exact) mass is 233 g/mol. The molecule has 1 N–H and O–H groups in total. The topological polar surface area (TPSA) is 57.6 Å². The van der Waals surface area contributed by atoms with Crippen molar-refractivity contribution in [2.24, 2.45) is 11.8 Å². The van der Waals surface area contributed by atoms with E-state index >= 15 is 0 Å². The van der Waals surface area contributed by atoms with Crippen molar-refractivity contribution in [3.63, 3.8) is 0 Å². The van der Waals surface area contributed by atoms with Gasteiger partial charge in [-0.2, -0.15) is 0 Å². The Hall–Kier alpha value is -0.130. The standard InChI is InChI=1S/C10H19NO3S/c12-7-9-1-3-11(5-9)6-10-2-4-15(13,14)8-10/h9-10,12H,1-8H2. The average Bonchev–Trinajstić information content (AvgIpc) is 2.73. The van der Waals surface area contributed by atoms with Gasteiger partial charge in [0.1, 0.15) is 0 Å². The molecule has 2 aliphatic heterocycles. The fourth-order valence-electron chi connectivity index (χ4n) is 2.61. The molecule has 2 aliphatic rings. The van der Waals surface area contributed by atoms with Crippen molar-refractivity contribution < 1.29 is 13.5 Å². The van der Waals surface area contributed by atoms with Crippen LogP contribution in [0.4, 0.5) is 0 Å². The highest BCUT2D eigenvalue weighted by molar-refractivity contribution is 7.91. The Labute approximate surface area is 91.2 Å². The van der Waals surface area contributed by atoms with Crippen LogP contribution in [0.15, 0.2) is 0 Å². The SMILES string of the molecule is O=S1(=O)CCC(CN2CCC(CO)C2)C1. The van der Waals surface area contributed by atoms with Crippen molar-refractivity contribution in [3.8, 4) is 0 Å². The number of likely N-dealkylation sites (tertiary alicyclic amines) is 1. The molecule has 0 aromatic rings. The maximum absolute atomic E-state index is 11.3. The number of rotatable bonds is 3. The lowest BCUT2D eigenvalue weighted by molar-refractivity contribution is 0.215. The second-order valence-electron chi connectivity index (χ2n) is 4.87. The number of nitrogens with zero attached hydrogens (tertiary/aromatic N) is 1. The molecule has 2 fully saturated rings. The predicted molar refractivity (Wildman–Crippen MR) is 58.4 cm³/mol. The normalized spacial score (nSPS) is 36.1. The van der Waals surface area contributed by atoms with Crippen LogP contribution in [0.1, 0.15) is 12.8 Å². The van der Waals surface area contributed by atoms with Gasteiger partial charge < -0.3 is 10.0 Å². The second kappa shape index (κ2) is 4.39. The average molecular weight is 233 g/mol. The molecule has 2 heterocycles. The Morgan fingerprint density at radius 3 is 2.60 bits per heavy atom. The third-order valence-electron chi connectivity index (χ3n) is 3.47. The van der Waals surface area contributed by atoms with E-state index in [-0.39, 0.29) is 6.61 Å². The van der Waals surface area contributed by atoms with E-state index in [1.807, 2.05) is 0 Å². The van der Waals surface area contributed by atoms with Crippen molar-refractivity contribution in [2.75, 3.05) is 37.7 Å². The number of hydrogen-bond acceptors (Lipinski definition) is 4. The van der Waals surface area contributed by atoms with Crippen molar-refractivity contribution in [2.45, 2.75) is 12.8 Å². The van der Waals surface area contributed by atoms with Gasteiger partial charge >= 0.3 is 0 Å². The van der Waals surface area contributed by atoms with Crippen LogP contribution in [-0.2, 0) is 9.84 Å². The summed E-state index contributed by atoms with van der Waals surface area (Å²) in [7, 11) is -2.73. The van der Waals surface area contributed by atoms with Crippen LogP contribution >= 0.6 is 0 Å². The van der Waals surface area contributed by atoms with Gasteiger partial charge in [-0.3, -0.25) is 0 Å². The molecule has 2 unspecified atom stereocenters. The first-order valence-electron chi connectivity index (χ1n) is 5.63. The van der Waals surface area contributed by atoms with Crippen LogP contribution in [0.25, 0.3) is 0 Å².